The van der Waals surface area contributed by atoms with E-state index in [0.29, 0.717) is 24.0 Å². The van der Waals surface area contributed by atoms with Gasteiger partial charge < -0.3 is 10.2 Å². The monoisotopic (exact) mass is 398 g/mol. The van der Waals surface area contributed by atoms with Gasteiger partial charge in [0.05, 0.1) is 12.1 Å². The van der Waals surface area contributed by atoms with E-state index in [0.717, 1.165) is 0 Å². The van der Waals surface area contributed by atoms with Crippen molar-refractivity contribution in [3.8, 4) is 0 Å². The number of allylic oxidation sites excluding steroid dienone is 4. The Kier molecular flexibility index (Phi) is 11.5. The summed E-state index contributed by atoms with van der Waals surface area (Å²) in [7, 11) is 0. The number of nitrogens with zero attached hydrogens (tertiary/aromatic N) is 4. The molecule has 2 atom stereocenters. The highest BCUT2D eigenvalue weighted by Crippen LogP contribution is 2.18. The second-order valence-electron chi connectivity index (χ2n) is 5.99. The number of benzene rings is 1. The molecule has 0 aliphatic heterocycles. The molecule has 2 unspecified atom stereocenters. The van der Waals surface area contributed by atoms with Gasteiger partial charge >= 0.3 is 0 Å². The lowest BCUT2D eigenvalue weighted by molar-refractivity contribution is 0.243. The molecule has 0 saturated heterocycles. The number of aliphatic hydroxyl groups excluding tert-OH is 2. The van der Waals surface area contributed by atoms with Crippen molar-refractivity contribution < 1.29 is 10.2 Å². The first-order valence-corrected chi connectivity index (χ1v) is 9.18. The fraction of sp³-hybridized carbons (Fsp3) is 0.333. The minimum atomic E-state index is -0.460. The second-order valence-corrected chi connectivity index (χ2v) is 5.99. The van der Waals surface area contributed by atoms with E-state index in [9.17, 15) is 20.0 Å². The van der Waals surface area contributed by atoms with Gasteiger partial charge in [0.25, 0.3) is 0 Å². The number of hydrogen-bond acceptors (Lipinski definition) is 8. The van der Waals surface area contributed by atoms with Crippen LogP contribution in [-0.4, -0.2) is 47.9 Å². The quantitative estimate of drug-likeness (QED) is 0.297. The molecule has 1 rings (SSSR count). The highest BCUT2D eigenvalue weighted by Gasteiger charge is 2.19. The van der Waals surface area contributed by atoms with Crippen LogP contribution in [0.5, 0.6) is 0 Å². The Morgan fingerprint density at radius 3 is 2.31 bits per heavy atom. The fourth-order valence-corrected chi connectivity index (χ4v) is 2.62. The maximum Gasteiger partial charge on any atom is 0.116 e. The summed E-state index contributed by atoms with van der Waals surface area (Å²) in [5, 5.41) is 24.8. The van der Waals surface area contributed by atoms with E-state index in [4.69, 9.17) is 0 Å². The van der Waals surface area contributed by atoms with Gasteiger partial charge in [-0.1, -0.05) is 43.0 Å². The predicted molar refractivity (Wildman–Crippen MR) is 117 cm³/mol. The van der Waals surface area contributed by atoms with Crippen molar-refractivity contribution in [2.45, 2.75) is 31.8 Å². The summed E-state index contributed by atoms with van der Waals surface area (Å²) < 4.78 is 0. The summed E-state index contributed by atoms with van der Waals surface area (Å²) >= 11 is 0. The zero-order chi connectivity index (χ0) is 21.5. The van der Waals surface area contributed by atoms with Crippen LogP contribution in [0.3, 0.4) is 0 Å². The fourth-order valence-electron chi connectivity index (χ4n) is 2.62. The minimum Gasteiger partial charge on any atom is -0.396 e. The van der Waals surface area contributed by atoms with E-state index in [1.807, 2.05) is 0 Å². The molecule has 0 amide bonds. The molecule has 8 heteroatoms. The lowest BCUT2D eigenvalue weighted by Crippen LogP contribution is -2.26. The third kappa shape index (κ3) is 7.81. The van der Waals surface area contributed by atoms with Crippen LogP contribution in [0.4, 0.5) is 5.69 Å². The summed E-state index contributed by atoms with van der Waals surface area (Å²) in [4.78, 5) is 30.9. The van der Waals surface area contributed by atoms with Crippen molar-refractivity contribution in [3.05, 3.63) is 75.7 Å². The largest absolute Gasteiger partial charge is 0.396 e. The van der Waals surface area contributed by atoms with Gasteiger partial charge in [0.2, 0.25) is 0 Å². The molecular weight excluding hydrogens is 372 g/mol. The molecule has 1 aromatic rings. The van der Waals surface area contributed by atoms with E-state index in [1.165, 1.54) is 18.5 Å². The molecule has 8 nitrogen and oxygen atoms in total. The van der Waals surface area contributed by atoms with Crippen molar-refractivity contribution in [3.63, 3.8) is 0 Å². The Balaban J connectivity index is 3.19. The van der Waals surface area contributed by atoms with Crippen LogP contribution in [-0.2, 0) is 0 Å². The third-order valence-corrected chi connectivity index (χ3v) is 4.10. The smallest absolute Gasteiger partial charge is 0.116 e. The molecule has 0 heterocycles. The summed E-state index contributed by atoms with van der Waals surface area (Å²) in [6.45, 7) is 5.05. The van der Waals surface area contributed by atoms with Crippen LogP contribution < -0.4 is 0 Å². The predicted octanol–water partition coefficient (Wildman–Crippen LogP) is 3.86. The van der Waals surface area contributed by atoms with Crippen LogP contribution >= 0.6 is 0 Å². The molecule has 1 aromatic carbocycles. The maximum absolute atomic E-state index is 11.0. The van der Waals surface area contributed by atoms with E-state index >= 15 is 0 Å². The highest BCUT2D eigenvalue weighted by molar-refractivity contribution is 5.87. The van der Waals surface area contributed by atoms with Gasteiger partial charge in [0.15, 0.2) is 0 Å². The molecule has 0 aliphatic rings. The van der Waals surface area contributed by atoms with Crippen molar-refractivity contribution in [2.75, 3.05) is 13.2 Å². The maximum atomic E-state index is 11.0. The van der Waals surface area contributed by atoms with Gasteiger partial charge in [0.1, 0.15) is 11.4 Å². The van der Waals surface area contributed by atoms with Gasteiger partial charge in [-0.05, 0) is 36.2 Å². The second kappa shape index (κ2) is 14.0. The average molecular weight is 398 g/mol. The molecule has 2 N–H and O–H groups in total. The first-order chi connectivity index (χ1) is 14.1. The van der Waals surface area contributed by atoms with E-state index in [2.05, 4.69) is 26.9 Å². The Morgan fingerprint density at radius 2 is 1.76 bits per heavy atom. The molecule has 0 fully saturated rings. The molecule has 154 valence electrons. The summed E-state index contributed by atoms with van der Waals surface area (Å²) in [5.74, 6) is 0. The number of nitroso groups, excluding NO2 is 2. The SMILES string of the molecule is C=C/C=C(C=NC(CCO)C(CCO)N=Cc1ccccc1N=O)\C(=C/C)N=O. The molecule has 0 aliphatic carbocycles. The highest BCUT2D eigenvalue weighted by atomic mass is 16.3. The van der Waals surface area contributed by atoms with E-state index < -0.39 is 12.1 Å². The Hall–Kier alpha value is -3.10. The van der Waals surface area contributed by atoms with Crippen LogP contribution in [0.1, 0.15) is 25.3 Å². The van der Waals surface area contributed by atoms with Crippen molar-refractivity contribution >= 4 is 18.1 Å². The van der Waals surface area contributed by atoms with Crippen molar-refractivity contribution in [2.24, 2.45) is 20.3 Å². The summed E-state index contributed by atoms with van der Waals surface area (Å²) in [6, 6.07) is 5.84. The Morgan fingerprint density at radius 1 is 1.10 bits per heavy atom. The van der Waals surface area contributed by atoms with Crippen molar-refractivity contribution in [1.29, 1.82) is 0 Å². The molecule has 0 bridgehead atoms. The number of aliphatic imine (C=N–C) groups is 2. The van der Waals surface area contributed by atoms with Crippen LogP contribution in [0.25, 0.3) is 0 Å². The lowest BCUT2D eigenvalue weighted by atomic mass is 10.0. The van der Waals surface area contributed by atoms with Gasteiger partial charge in [-0.2, -0.15) is 0 Å². The van der Waals surface area contributed by atoms with E-state index in [-0.39, 0.29) is 24.6 Å². The third-order valence-electron chi connectivity index (χ3n) is 4.10. The number of hydrogen-bond donors (Lipinski definition) is 2. The molecular formula is C21H26N4O4. The van der Waals surface area contributed by atoms with Gasteiger partial charge in [-0.15, -0.1) is 9.81 Å². The van der Waals surface area contributed by atoms with Crippen LogP contribution in [0.2, 0.25) is 0 Å². The van der Waals surface area contributed by atoms with Gasteiger partial charge in [0, 0.05) is 36.8 Å². The Bertz CT molecular complexity index is 800. The standard InChI is InChI=1S/C21H26N4O4/c1-3-7-16(18(4-2)24-28)14-22-20(10-12-26)21(11-13-27)23-15-17-8-5-6-9-19(17)25-29/h3-9,14-15,20-21,26-27H,1,10-13H2,2H3/b16-7-,18-4+,22-14?,23-15?. The molecule has 0 spiro atoms. The van der Waals surface area contributed by atoms with Gasteiger partial charge in [-0.25, -0.2) is 0 Å². The molecule has 0 saturated carbocycles. The molecule has 29 heavy (non-hydrogen) atoms. The zero-order valence-corrected chi connectivity index (χ0v) is 16.4. The molecule has 0 aromatic heterocycles. The Labute approximate surface area is 170 Å². The summed E-state index contributed by atoms with van der Waals surface area (Å²) in [6.07, 6.45) is 8.28. The van der Waals surface area contributed by atoms with Gasteiger partial charge in [-0.3, -0.25) is 9.98 Å². The van der Waals surface area contributed by atoms with Crippen LogP contribution in [0.15, 0.2) is 80.7 Å². The number of rotatable bonds is 13. The van der Waals surface area contributed by atoms with Crippen LogP contribution in [0, 0.1) is 9.81 Å². The topological polar surface area (TPSA) is 124 Å². The van der Waals surface area contributed by atoms with Crippen molar-refractivity contribution in [1.82, 2.24) is 0 Å². The lowest BCUT2D eigenvalue weighted by Gasteiger charge is -2.19. The van der Waals surface area contributed by atoms with E-state index in [1.54, 1.807) is 43.3 Å². The minimum absolute atomic E-state index is 0.127. The summed E-state index contributed by atoms with van der Waals surface area (Å²) in [5.41, 5.74) is 1.49. The first kappa shape index (κ1) is 23.9. The first-order valence-electron chi connectivity index (χ1n) is 9.18. The zero-order valence-electron chi connectivity index (χ0n) is 16.4. The normalized spacial score (nSPS) is 14.9. The molecule has 0 radical (unpaired) electrons. The number of aliphatic hydroxyl groups is 2. The average Bonchev–Trinajstić information content (AvgIpc) is 2.75.